The summed E-state index contributed by atoms with van der Waals surface area (Å²) in [6.07, 6.45) is 1.87. The summed E-state index contributed by atoms with van der Waals surface area (Å²) >= 11 is 0. The van der Waals surface area contributed by atoms with Crippen molar-refractivity contribution in [1.29, 1.82) is 0 Å². The second-order valence-corrected chi connectivity index (χ2v) is 6.88. The van der Waals surface area contributed by atoms with Crippen molar-refractivity contribution in [3.05, 3.63) is 59.4 Å². The van der Waals surface area contributed by atoms with Gasteiger partial charge in [0, 0.05) is 36.7 Å². The molecule has 25 heavy (non-hydrogen) atoms. The van der Waals surface area contributed by atoms with E-state index in [9.17, 15) is 9.18 Å². The molecule has 0 N–H and O–H groups in total. The average molecular weight is 339 g/mol. The fourth-order valence-corrected chi connectivity index (χ4v) is 3.39. The standard InChI is InChI=1S/C21H22FNO2/c22-20-13-16(21(24)15-5-6-15)7-8-19(20)18-4-2-1-3-17(18)14-23-9-11-25-12-10-23/h1-4,7-8,13,15H,5-6,9-12,14H2. The Morgan fingerprint density at radius 1 is 1.08 bits per heavy atom. The summed E-state index contributed by atoms with van der Waals surface area (Å²) in [5.41, 5.74) is 3.06. The van der Waals surface area contributed by atoms with E-state index in [-0.39, 0.29) is 17.5 Å². The third-order valence-electron chi connectivity index (χ3n) is 5.01. The van der Waals surface area contributed by atoms with Crippen molar-refractivity contribution in [3.8, 4) is 11.1 Å². The van der Waals surface area contributed by atoms with Gasteiger partial charge in [-0.15, -0.1) is 0 Å². The fraction of sp³-hybridized carbons (Fsp3) is 0.381. The van der Waals surface area contributed by atoms with E-state index in [4.69, 9.17) is 4.74 Å². The number of hydrogen-bond donors (Lipinski definition) is 0. The predicted molar refractivity (Wildman–Crippen MR) is 95.0 cm³/mol. The van der Waals surface area contributed by atoms with Crippen molar-refractivity contribution in [2.45, 2.75) is 19.4 Å². The zero-order valence-electron chi connectivity index (χ0n) is 14.2. The van der Waals surface area contributed by atoms with Crippen LogP contribution in [0.15, 0.2) is 42.5 Å². The Bertz CT molecular complexity index is 779. The number of nitrogens with zero attached hydrogens (tertiary/aromatic N) is 1. The molecule has 3 nitrogen and oxygen atoms in total. The molecule has 1 aliphatic carbocycles. The van der Waals surface area contributed by atoms with E-state index >= 15 is 0 Å². The number of carbonyl (C=O) groups excluding carboxylic acids is 1. The minimum Gasteiger partial charge on any atom is -0.379 e. The number of carbonyl (C=O) groups is 1. The molecule has 0 radical (unpaired) electrons. The van der Waals surface area contributed by atoms with E-state index in [1.54, 1.807) is 12.1 Å². The molecule has 2 aromatic rings. The van der Waals surface area contributed by atoms with Crippen LogP contribution < -0.4 is 0 Å². The molecule has 2 aromatic carbocycles. The number of morpholine rings is 1. The van der Waals surface area contributed by atoms with Gasteiger partial charge in [0.1, 0.15) is 5.82 Å². The predicted octanol–water partition coefficient (Wildman–Crippen LogP) is 3.92. The third kappa shape index (κ3) is 3.65. The molecule has 0 bridgehead atoms. The van der Waals surface area contributed by atoms with Gasteiger partial charge in [-0.05, 0) is 30.0 Å². The Morgan fingerprint density at radius 2 is 1.84 bits per heavy atom. The molecule has 0 unspecified atom stereocenters. The zero-order chi connectivity index (χ0) is 17.2. The lowest BCUT2D eigenvalue weighted by molar-refractivity contribution is 0.0342. The van der Waals surface area contributed by atoms with Gasteiger partial charge in [-0.3, -0.25) is 9.69 Å². The molecule has 0 amide bonds. The highest BCUT2D eigenvalue weighted by Gasteiger charge is 2.30. The molecule has 2 aliphatic rings. The smallest absolute Gasteiger partial charge is 0.166 e. The zero-order valence-corrected chi connectivity index (χ0v) is 14.2. The molecule has 1 aliphatic heterocycles. The van der Waals surface area contributed by atoms with Crippen LogP contribution in [0.5, 0.6) is 0 Å². The second kappa shape index (κ2) is 7.06. The molecule has 1 saturated heterocycles. The first kappa shape index (κ1) is 16.4. The average Bonchev–Trinajstić information content (AvgIpc) is 3.48. The quantitative estimate of drug-likeness (QED) is 0.774. The maximum Gasteiger partial charge on any atom is 0.166 e. The molecule has 2 fully saturated rings. The van der Waals surface area contributed by atoms with Crippen molar-refractivity contribution in [1.82, 2.24) is 4.90 Å². The Labute approximate surface area is 147 Å². The highest BCUT2D eigenvalue weighted by molar-refractivity contribution is 5.99. The van der Waals surface area contributed by atoms with Crippen LogP contribution in [0.25, 0.3) is 11.1 Å². The van der Waals surface area contributed by atoms with Crippen LogP contribution in [0.4, 0.5) is 4.39 Å². The normalized spacial score (nSPS) is 18.3. The van der Waals surface area contributed by atoms with Gasteiger partial charge in [0.2, 0.25) is 0 Å². The van der Waals surface area contributed by atoms with Gasteiger partial charge in [0.25, 0.3) is 0 Å². The Hall–Kier alpha value is -2.04. The van der Waals surface area contributed by atoms with Crippen molar-refractivity contribution in [2.24, 2.45) is 5.92 Å². The summed E-state index contributed by atoms with van der Waals surface area (Å²) in [5.74, 6) is -0.133. The molecule has 0 atom stereocenters. The first-order chi connectivity index (χ1) is 12.2. The van der Waals surface area contributed by atoms with Gasteiger partial charge < -0.3 is 4.74 Å². The van der Waals surface area contributed by atoms with Crippen LogP contribution in [-0.2, 0) is 11.3 Å². The van der Waals surface area contributed by atoms with E-state index in [1.807, 2.05) is 24.3 Å². The third-order valence-corrected chi connectivity index (χ3v) is 5.01. The van der Waals surface area contributed by atoms with E-state index in [0.29, 0.717) is 11.1 Å². The van der Waals surface area contributed by atoms with Gasteiger partial charge in [0.15, 0.2) is 5.78 Å². The van der Waals surface area contributed by atoms with Gasteiger partial charge in [0.05, 0.1) is 13.2 Å². The SMILES string of the molecule is O=C(c1ccc(-c2ccccc2CN2CCOCC2)c(F)c1)C1CC1. The number of benzene rings is 2. The molecular formula is C21H22FNO2. The van der Waals surface area contributed by atoms with Crippen molar-refractivity contribution in [3.63, 3.8) is 0 Å². The fourth-order valence-electron chi connectivity index (χ4n) is 3.39. The minimum atomic E-state index is -0.319. The Kier molecular flexibility index (Phi) is 4.64. The summed E-state index contributed by atoms with van der Waals surface area (Å²) in [6.45, 7) is 4.06. The van der Waals surface area contributed by atoms with E-state index in [0.717, 1.165) is 56.8 Å². The topological polar surface area (TPSA) is 29.5 Å². The molecule has 0 aromatic heterocycles. The number of halogens is 1. The highest BCUT2D eigenvalue weighted by atomic mass is 19.1. The summed E-state index contributed by atoms with van der Waals surface area (Å²) < 4.78 is 20.2. The lowest BCUT2D eigenvalue weighted by atomic mass is 9.96. The molecule has 4 rings (SSSR count). The largest absolute Gasteiger partial charge is 0.379 e. The van der Waals surface area contributed by atoms with Crippen molar-refractivity contribution < 1.29 is 13.9 Å². The molecule has 4 heteroatoms. The second-order valence-electron chi connectivity index (χ2n) is 6.88. The number of Topliss-reactive ketones (excluding diaryl/α,β-unsaturated/α-hetero) is 1. The summed E-state index contributed by atoms with van der Waals surface area (Å²) in [6, 6.07) is 12.8. The molecule has 1 heterocycles. The van der Waals surface area contributed by atoms with Crippen LogP contribution in [0.3, 0.4) is 0 Å². The minimum absolute atomic E-state index is 0.0760. The maximum absolute atomic E-state index is 14.8. The molecular weight excluding hydrogens is 317 g/mol. The summed E-state index contributed by atoms with van der Waals surface area (Å²) in [7, 11) is 0. The number of ketones is 1. The van der Waals surface area contributed by atoms with Crippen LogP contribution in [0.2, 0.25) is 0 Å². The first-order valence-electron chi connectivity index (χ1n) is 8.94. The summed E-state index contributed by atoms with van der Waals surface area (Å²) in [4.78, 5) is 14.5. The highest BCUT2D eigenvalue weighted by Crippen LogP contribution is 2.34. The Balaban J connectivity index is 1.61. The maximum atomic E-state index is 14.8. The van der Waals surface area contributed by atoms with Gasteiger partial charge >= 0.3 is 0 Å². The molecule has 0 spiro atoms. The van der Waals surface area contributed by atoms with Crippen LogP contribution in [0, 0.1) is 11.7 Å². The van der Waals surface area contributed by atoms with Crippen LogP contribution >= 0.6 is 0 Å². The first-order valence-corrected chi connectivity index (χ1v) is 8.94. The van der Waals surface area contributed by atoms with E-state index in [1.165, 1.54) is 6.07 Å². The van der Waals surface area contributed by atoms with E-state index in [2.05, 4.69) is 4.90 Å². The lowest BCUT2D eigenvalue weighted by Gasteiger charge is -2.27. The van der Waals surface area contributed by atoms with Crippen LogP contribution in [-0.4, -0.2) is 37.0 Å². The van der Waals surface area contributed by atoms with Crippen molar-refractivity contribution >= 4 is 5.78 Å². The number of hydrogen-bond acceptors (Lipinski definition) is 3. The van der Waals surface area contributed by atoms with Gasteiger partial charge in [-0.25, -0.2) is 4.39 Å². The molecule has 1 saturated carbocycles. The van der Waals surface area contributed by atoms with E-state index < -0.39 is 0 Å². The van der Waals surface area contributed by atoms with Crippen molar-refractivity contribution in [2.75, 3.05) is 26.3 Å². The summed E-state index contributed by atoms with van der Waals surface area (Å²) in [5, 5.41) is 0. The van der Waals surface area contributed by atoms with Gasteiger partial charge in [-0.1, -0.05) is 36.4 Å². The number of rotatable bonds is 5. The lowest BCUT2D eigenvalue weighted by Crippen LogP contribution is -2.35. The number of ether oxygens (including phenoxy) is 1. The Morgan fingerprint density at radius 3 is 2.56 bits per heavy atom. The molecule has 130 valence electrons. The monoisotopic (exact) mass is 339 g/mol. The van der Waals surface area contributed by atoms with Gasteiger partial charge in [-0.2, -0.15) is 0 Å². The van der Waals surface area contributed by atoms with Crippen LogP contribution in [0.1, 0.15) is 28.8 Å².